The zero-order valence-electron chi connectivity index (χ0n) is 6.92. The maximum absolute atomic E-state index is 5.66. The molecule has 0 aromatic carbocycles. The maximum Gasteiger partial charge on any atom is 0.200 e. The molecule has 2 fully saturated rings. The lowest BCUT2D eigenvalue weighted by Crippen LogP contribution is -2.40. The van der Waals surface area contributed by atoms with Crippen LogP contribution in [0.5, 0.6) is 0 Å². The summed E-state index contributed by atoms with van der Waals surface area (Å²) >= 11 is 0. The number of hydrogen-bond donors (Lipinski definition) is 1. The van der Waals surface area contributed by atoms with Gasteiger partial charge in [0.1, 0.15) is 5.76 Å². The molecule has 3 heteroatoms. The lowest BCUT2D eigenvalue weighted by atomic mass is 10.0. The van der Waals surface area contributed by atoms with E-state index >= 15 is 0 Å². The van der Waals surface area contributed by atoms with Gasteiger partial charge < -0.3 is 9.73 Å². The molecule has 2 aliphatic rings. The second-order valence-corrected chi connectivity index (χ2v) is 3.73. The second kappa shape index (κ2) is 2.33. The minimum Gasteiger partial charge on any atom is -0.445 e. The van der Waals surface area contributed by atoms with E-state index in [-0.39, 0.29) is 0 Å². The van der Waals surface area contributed by atoms with E-state index in [2.05, 4.69) is 10.3 Å². The number of rotatable bonds is 2. The van der Waals surface area contributed by atoms with Crippen LogP contribution in [0.15, 0.2) is 10.6 Å². The van der Waals surface area contributed by atoms with Crippen molar-refractivity contribution in [1.29, 1.82) is 0 Å². The minimum absolute atomic E-state index is 0.539. The van der Waals surface area contributed by atoms with Crippen molar-refractivity contribution in [1.82, 2.24) is 10.3 Å². The topological polar surface area (TPSA) is 38.1 Å². The molecular formula is C9H12N2O. The molecule has 1 aliphatic carbocycles. The third-order valence-corrected chi connectivity index (χ3v) is 2.65. The monoisotopic (exact) mass is 164 g/mol. The van der Waals surface area contributed by atoms with Crippen molar-refractivity contribution < 1.29 is 4.42 Å². The summed E-state index contributed by atoms with van der Waals surface area (Å²) in [5.74, 6) is 3.28. The molecule has 1 aromatic rings. The van der Waals surface area contributed by atoms with Crippen LogP contribution in [0.1, 0.15) is 36.3 Å². The summed E-state index contributed by atoms with van der Waals surface area (Å²) in [7, 11) is 0. The third-order valence-electron chi connectivity index (χ3n) is 2.65. The fourth-order valence-corrected chi connectivity index (χ4v) is 1.51. The first-order valence-corrected chi connectivity index (χ1v) is 4.60. The number of oxazole rings is 1. The van der Waals surface area contributed by atoms with Gasteiger partial charge in [0.2, 0.25) is 0 Å². The molecule has 1 aromatic heterocycles. The van der Waals surface area contributed by atoms with E-state index in [0.29, 0.717) is 11.8 Å². The van der Waals surface area contributed by atoms with Crippen LogP contribution in [0.3, 0.4) is 0 Å². The third kappa shape index (κ3) is 0.966. The van der Waals surface area contributed by atoms with E-state index in [4.69, 9.17) is 4.42 Å². The smallest absolute Gasteiger partial charge is 0.200 e. The SMILES string of the molecule is c1nc(C2CNC2)oc1C1CC1. The van der Waals surface area contributed by atoms with E-state index in [9.17, 15) is 0 Å². The molecule has 1 saturated carbocycles. The summed E-state index contributed by atoms with van der Waals surface area (Å²) in [5.41, 5.74) is 0. The predicted molar refractivity (Wildman–Crippen MR) is 44.1 cm³/mol. The summed E-state index contributed by atoms with van der Waals surface area (Å²) in [4.78, 5) is 4.29. The van der Waals surface area contributed by atoms with Crippen molar-refractivity contribution in [3.05, 3.63) is 17.8 Å². The molecule has 1 N–H and O–H groups in total. The highest BCUT2D eigenvalue weighted by atomic mass is 16.4. The zero-order chi connectivity index (χ0) is 7.97. The minimum atomic E-state index is 0.539. The molecule has 3 nitrogen and oxygen atoms in total. The van der Waals surface area contributed by atoms with Gasteiger partial charge in [-0.15, -0.1) is 0 Å². The van der Waals surface area contributed by atoms with Crippen LogP contribution >= 0.6 is 0 Å². The van der Waals surface area contributed by atoms with Crippen molar-refractivity contribution in [2.45, 2.75) is 24.7 Å². The summed E-state index contributed by atoms with van der Waals surface area (Å²) in [5, 5.41) is 3.21. The Morgan fingerprint density at radius 1 is 1.33 bits per heavy atom. The van der Waals surface area contributed by atoms with E-state index in [0.717, 1.165) is 24.7 Å². The average molecular weight is 164 g/mol. The molecule has 0 amide bonds. The maximum atomic E-state index is 5.66. The number of nitrogens with zero attached hydrogens (tertiary/aromatic N) is 1. The Labute approximate surface area is 71.2 Å². The first kappa shape index (κ1) is 6.66. The van der Waals surface area contributed by atoms with E-state index < -0.39 is 0 Å². The van der Waals surface area contributed by atoms with Gasteiger partial charge in [-0.1, -0.05) is 0 Å². The number of aromatic nitrogens is 1. The van der Waals surface area contributed by atoms with Gasteiger partial charge in [0.05, 0.1) is 12.1 Å². The van der Waals surface area contributed by atoms with Crippen molar-refractivity contribution in [2.24, 2.45) is 0 Å². The Balaban J connectivity index is 1.81. The fourth-order valence-electron chi connectivity index (χ4n) is 1.51. The summed E-state index contributed by atoms with van der Waals surface area (Å²) in [6.07, 6.45) is 4.49. The van der Waals surface area contributed by atoms with Gasteiger partial charge in [0.25, 0.3) is 0 Å². The highest BCUT2D eigenvalue weighted by molar-refractivity contribution is 5.11. The molecule has 0 spiro atoms. The van der Waals surface area contributed by atoms with Crippen molar-refractivity contribution in [3.8, 4) is 0 Å². The summed E-state index contributed by atoms with van der Waals surface area (Å²) in [6, 6.07) is 0. The first-order valence-electron chi connectivity index (χ1n) is 4.60. The van der Waals surface area contributed by atoms with Crippen LogP contribution in [0.2, 0.25) is 0 Å². The molecule has 1 aliphatic heterocycles. The first-order chi connectivity index (χ1) is 5.93. The lowest BCUT2D eigenvalue weighted by molar-refractivity contribution is 0.345. The largest absolute Gasteiger partial charge is 0.445 e. The standard InChI is InChI=1S/C9H12N2O/c1-2-6(1)8-5-11-9(12-8)7-3-10-4-7/h5-7,10H,1-4H2. The molecule has 12 heavy (non-hydrogen) atoms. The Hall–Kier alpha value is -0.830. The Kier molecular flexibility index (Phi) is 1.29. The second-order valence-electron chi connectivity index (χ2n) is 3.73. The van der Waals surface area contributed by atoms with Crippen LogP contribution < -0.4 is 5.32 Å². The molecule has 0 radical (unpaired) electrons. The van der Waals surface area contributed by atoms with Crippen LogP contribution in [-0.2, 0) is 0 Å². The van der Waals surface area contributed by atoms with Crippen molar-refractivity contribution >= 4 is 0 Å². The molecule has 3 rings (SSSR count). The van der Waals surface area contributed by atoms with Gasteiger partial charge in [-0.05, 0) is 12.8 Å². The molecular weight excluding hydrogens is 152 g/mol. The lowest BCUT2D eigenvalue weighted by Gasteiger charge is -2.23. The van der Waals surface area contributed by atoms with Crippen molar-refractivity contribution in [2.75, 3.05) is 13.1 Å². The molecule has 0 unspecified atom stereocenters. The normalized spacial score (nSPS) is 24.0. The molecule has 0 atom stereocenters. The summed E-state index contributed by atoms with van der Waals surface area (Å²) < 4.78 is 5.66. The quantitative estimate of drug-likeness (QED) is 0.714. The van der Waals surface area contributed by atoms with Gasteiger partial charge >= 0.3 is 0 Å². The van der Waals surface area contributed by atoms with E-state index in [1.807, 2.05) is 6.20 Å². The van der Waals surface area contributed by atoms with Gasteiger partial charge in [-0.2, -0.15) is 0 Å². The molecule has 1 saturated heterocycles. The average Bonchev–Trinajstić information content (AvgIpc) is 2.70. The fraction of sp³-hybridized carbons (Fsp3) is 0.667. The Morgan fingerprint density at radius 2 is 2.17 bits per heavy atom. The predicted octanol–water partition coefficient (Wildman–Crippen LogP) is 1.24. The Morgan fingerprint density at radius 3 is 2.75 bits per heavy atom. The number of hydrogen-bond acceptors (Lipinski definition) is 3. The van der Waals surface area contributed by atoms with Crippen molar-refractivity contribution in [3.63, 3.8) is 0 Å². The highest BCUT2D eigenvalue weighted by Crippen LogP contribution is 2.40. The molecule has 64 valence electrons. The van der Waals surface area contributed by atoms with Gasteiger partial charge in [0.15, 0.2) is 5.89 Å². The molecule has 2 heterocycles. The van der Waals surface area contributed by atoms with Gasteiger partial charge in [-0.25, -0.2) is 4.98 Å². The zero-order valence-corrected chi connectivity index (χ0v) is 6.92. The van der Waals surface area contributed by atoms with E-state index in [1.54, 1.807) is 0 Å². The van der Waals surface area contributed by atoms with Gasteiger partial charge in [-0.3, -0.25) is 0 Å². The van der Waals surface area contributed by atoms with Crippen LogP contribution in [-0.4, -0.2) is 18.1 Å². The number of nitrogens with one attached hydrogen (secondary N) is 1. The highest BCUT2D eigenvalue weighted by Gasteiger charge is 2.30. The van der Waals surface area contributed by atoms with E-state index in [1.165, 1.54) is 12.8 Å². The molecule has 0 bridgehead atoms. The van der Waals surface area contributed by atoms with Crippen LogP contribution in [0.25, 0.3) is 0 Å². The van der Waals surface area contributed by atoms with Crippen LogP contribution in [0, 0.1) is 0 Å². The Bertz CT molecular complexity index is 286. The summed E-state index contributed by atoms with van der Waals surface area (Å²) in [6.45, 7) is 2.06. The van der Waals surface area contributed by atoms with Crippen LogP contribution in [0.4, 0.5) is 0 Å². The van der Waals surface area contributed by atoms with Gasteiger partial charge in [0, 0.05) is 19.0 Å².